The van der Waals surface area contributed by atoms with E-state index in [1.807, 2.05) is 48.5 Å². The van der Waals surface area contributed by atoms with E-state index in [0.29, 0.717) is 46.6 Å². The molecular formula is C47H56N6O9S. The molecule has 7 rings (SSSR count). The highest BCUT2D eigenvalue weighted by Gasteiger charge is 2.63. The molecule has 0 radical (unpaired) electrons. The first kappa shape index (κ1) is 45.0. The molecule has 1 saturated heterocycles. The molecule has 4 amide bonds. The van der Waals surface area contributed by atoms with Crippen LogP contribution in [-0.4, -0.2) is 94.8 Å². The Morgan fingerprint density at radius 3 is 2.29 bits per heavy atom. The predicted molar refractivity (Wildman–Crippen MR) is 237 cm³/mol. The summed E-state index contributed by atoms with van der Waals surface area (Å²) < 4.78 is 46.7. The molecule has 2 aromatic carbocycles. The first-order chi connectivity index (χ1) is 29.7. The fourth-order valence-corrected chi connectivity index (χ4v) is 9.79. The van der Waals surface area contributed by atoms with E-state index in [4.69, 9.17) is 19.2 Å². The highest BCUT2D eigenvalue weighted by molar-refractivity contribution is 7.91. The van der Waals surface area contributed by atoms with E-state index >= 15 is 0 Å². The third-order valence-corrected chi connectivity index (χ3v) is 14.0. The second kappa shape index (κ2) is 16.9. The Morgan fingerprint density at radius 2 is 1.68 bits per heavy atom. The van der Waals surface area contributed by atoms with Crippen molar-refractivity contribution in [2.45, 2.75) is 108 Å². The van der Waals surface area contributed by atoms with Crippen LogP contribution in [0, 0.1) is 11.3 Å². The van der Waals surface area contributed by atoms with E-state index in [1.165, 1.54) is 11.0 Å². The first-order valence-electron chi connectivity index (χ1n) is 21.1. The van der Waals surface area contributed by atoms with Crippen molar-refractivity contribution in [1.29, 1.82) is 0 Å². The fraction of sp³-hybridized carbons (Fsp3) is 0.447. The molecule has 63 heavy (non-hydrogen) atoms. The fourth-order valence-electron chi connectivity index (χ4n) is 8.15. The van der Waals surface area contributed by atoms with Crippen molar-refractivity contribution < 1.29 is 41.8 Å². The van der Waals surface area contributed by atoms with Crippen LogP contribution in [0.15, 0.2) is 91.6 Å². The van der Waals surface area contributed by atoms with Gasteiger partial charge >= 0.3 is 6.09 Å². The van der Waals surface area contributed by atoms with E-state index in [9.17, 15) is 27.6 Å². The van der Waals surface area contributed by atoms with Crippen LogP contribution in [0.1, 0.15) is 72.8 Å². The number of fused-ring (bicyclic) bond motifs is 1. The average Bonchev–Trinajstić information content (AvgIpc) is 4.13. The smallest absolute Gasteiger partial charge is 0.408 e. The normalized spacial score (nSPS) is 22.0. The molecule has 2 aliphatic carbocycles. The number of ether oxygens (including phenoxy) is 3. The summed E-state index contributed by atoms with van der Waals surface area (Å²) in [6.45, 7) is 14.2. The van der Waals surface area contributed by atoms with Gasteiger partial charge < -0.3 is 29.7 Å². The molecule has 1 aliphatic heterocycles. The number of carbonyl (C=O) groups is 4. The maximum Gasteiger partial charge on any atom is 0.408 e. The number of sulfonamides is 1. The molecular weight excluding hydrogens is 825 g/mol. The number of carbonyl (C=O) groups excluding carboxylic acids is 4. The average molecular weight is 881 g/mol. The molecule has 0 unspecified atom stereocenters. The molecule has 5 atom stereocenters. The summed E-state index contributed by atoms with van der Waals surface area (Å²) in [5, 5.41) is 6.25. The number of hydrogen-bond acceptors (Lipinski definition) is 11. The van der Waals surface area contributed by atoms with Crippen LogP contribution in [0.5, 0.6) is 11.5 Å². The van der Waals surface area contributed by atoms with E-state index in [1.54, 1.807) is 79.1 Å². The van der Waals surface area contributed by atoms with Crippen molar-refractivity contribution >= 4 is 44.7 Å². The van der Waals surface area contributed by atoms with Gasteiger partial charge in [-0.3, -0.25) is 24.1 Å². The number of rotatable bonds is 14. The highest BCUT2D eigenvalue weighted by Crippen LogP contribution is 2.49. The standard InChI is InChI=1S/C47H56N6O9S/c1-9-30-27-47(30,42(56)52-63(58,59)46(20-21-46)26-29-15-11-10-12-16-29)51-40(54)37-24-32(28-53(37)41(55)39(44(2,3)4)50-43(57)62-45(5,6)7)61-38-25-36(34-17-13-14-22-48-34)49-35-23-31(60-8)18-19-33(35)38/h9-19,22-23,25,30,32,37,39H,1,20-21,24,26-28H2,2-8H3,(H,50,57)(H,51,54)(H,52,56)/t30-,32-,37+,39-,47-/m1/s1. The van der Waals surface area contributed by atoms with Gasteiger partial charge in [0.05, 0.1) is 35.3 Å². The van der Waals surface area contributed by atoms with Crippen LogP contribution < -0.4 is 24.8 Å². The van der Waals surface area contributed by atoms with Crippen LogP contribution in [-0.2, 0) is 35.6 Å². The van der Waals surface area contributed by atoms with Crippen LogP contribution in [0.3, 0.4) is 0 Å². The van der Waals surface area contributed by atoms with Crippen LogP contribution in [0.2, 0.25) is 0 Å². The number of aromatic nitrogens is 2. The van der Waals surface area contributed by atoms with Gasteiger partial charge in [0.2, 0.25) is 21.8 Å². The van der Waals surface area contributed by atoms with E-state index in [2.05, 4.69) is 26.9 Å². The zero-order valence-corrected chi connectivity index (χ0v) is 37.6. The van der Waals surface area contributed by atoms with Gasteiger partial charge in [0.15, 0.2) is 0 Å². The maximum absolute atomic E-state index is 14.8. The second-order valence-electron chi connectivity index (χ2n) is 18.8. The van der Waals surface area contributed by atoms with Crippen molar-refractivity contribution in [2.24, 2.45) is 11.3 Å². The number of likely N-dealkylation sites (tertiary alicyclic amines) is 1. The zero-order chi connectivity index (χ0) is 45.5. The third-order valence-electron chi connectivity index (χ3n) is 11.8. The van der Waals surface area contributed by atoms with E-state index in [-0.39, 0.29) is 25.8 Å². The molecule has 4 aromatic rings. The molecule has 0 bridgehead atoms. The summed E-state index contributed by atoms with van der Waals surface area (Å²) in [7, 11) is -2.63. The van der Waals surface area contributed by atoms with Gasteiger partial charge in [-0.25, -0.2) is 18.2 Å². The van der Waals surface area contributed by atoms with Gasteiger partial charge in [-0.2, -0.15) is 0 Å². The van der Waals surface area contributed by atoms with Crippen LogP contribution in [0.25, 0.3) is 22.3 Å². The van der Waals surface area contributed by atoms with Gasteiger partial charge in [-0.15, -0.1) is 6.58 Å². The molecule has 3 aliphatic rings. The lowest BCUT2D eigenvalue weighted by Crippen LogP contribution is -2.60. The number of benzene rings is 2. The SMILES string of the molecule is C=C[C@@H]1C[C@]1(NC(=O)[C@@H]1C[C@@H](Oc2cc(-c3ccccn3)nc3cc(OC)ccc23)CN1C(=O)[C@@H](NC(=O)OC(C)(C)C)C(C)(C)C)C(=O)NS(=O)(=O)C1(Cc2ccccc2)CC1. The van der Waals surface area contributed by atoms with E-state index < -0.39 is 79.2 Å². The maximum atomic E-state index is 14.8. The molecule has 3 N–H and O–H groups in total. The van der Waals surface area contributed by atoms with Crippen molar-refractivity contribution in [3.8, 4) is 22.9 Å². The highest BCUT2D eigenvalue weighted by atomic mass is 32.2. The zero-order valence-electron chi connectivity index (χ0n) is 36.8. The molecule has 15 nitrogen and oxygen atoms in total. The Bertz CT molecular complexity index is 2520. The summed E-state index contributed by atoms with van der Waals surface area (Å²) >= 11 is 0. The minimum Gasteiger partial charge on any atom is -0.497 e. The lowest BCUT2D eigenvalue weighted by Gasteiger charge is -2.36. The summed E-state index contributed by atoms with van der Waals surface area (Å²) in [6, 6.07) is 19.4. The Morgan fingerprint density at radius 1 is 0.968 bits per heavy atom. The van der Waals surface area contributed by atoms with Crippen molar-refractivity contribution in [1.82, 2.24) is 30.2 Å². The minimum atomic E-state index is -4.18. The number of nitrogens with zero attached hydrogens (tertiary/aromatic N) is 3. The Labute approximate surface area is 368 Å². The number of nitrogens with one attached hydrogen (secondary N) is 3. The minimum absolute atomic E-state index is 0.0191. The first-order valence-corrected chi connectivity index (χ1v) is 22.6. The van der Waals surface area contributed by atoms with Crippen molar-refractivity contribution in [3.05, 3.63) is 97.2 Å². The van der Waals surface area contributed by atoms with E-state index in [0.717, 1.165) is 5.56 Å². The molecule has 2 saturated carbocycles. The lowest BCUT2D eigenvalue weighted by atomic mass is 9.85. The Kier molecular flexibility index (Phi) is 12.1. The van der Waals surface area contributed by atoms with Crippen molar-refractivity contribution in [2.75, 3.05) is 13.7 Å². The number of amides is 4. The van der Waals surface area contributed by atoms with Gasteiger partial charge in [0.1, 0.15) is 40.8 Å². The summed E-state index contributed by atoms with van der Waals surface area (Å²) in [6.07, 6.45) is 2.65. The number of hydrogen-bond donors (Lipinski definition) is 3. The molecule has 3 fully saturated rings. The van der Waals surface area contributed by atoms with Gasteiger partial charge in [0.25, 0.3) is 5.91 Å². The topological polar surface area (TPSA) is 195 Å². The van der Waals surface area contributed by atoms with Gasteiger partial charge in [0, 0.05) is 36.1 Å². The lowest BCUT2D eigenvalue weighted by molar-refractivity contribution is -0.143. The summed E-state index contributed by atoms with van der Waals surface area (Å²) in [4.78, 5) is 67.6. The Hall–Kier alpha value is -6.03. The molecule has 334 valence electrons. The number of pyridine rings is 2. The third kappa shape index (κ3) is 9.65. The van der Waals surface area contributed by atoms with Crippen LogP contribution >= 0.6 is 0 Å². The van der Waals surface area contributed by atoms with Crippen LogP contribution in [0.4, 0.5) is 4.79 Å². The van der Waals surface area contributed by atoms with Gasteiger partial charge in [-0.1, -0.05) is 63.2 Å². The molecule has 0 spiro atoms. The number of alkyl carbamates (subject to hydrolysis) is 1. The summed E-state index contributed by atoms with van der Waals surface area (Å²) in [5.74, 6) is -1.73. The predicted octanol–water partition coefficient (Wildman–Crippen LogP) is 5.88. The molecule has 16 heteroatoms. The largest absolute Gasteiger partial charge is 0.497 e. The molecule has 3 heterocycles. The van der Waals surface area contributed by atoms with Gasteiger partial charge in [-0.05, 0) is 81.7 Å². The molecule has 2 aromatic heterocycles. The summed E-state index contributed by atoms with van der Waals surface area (Å²) in [5.41, 5.74) is -0.853. The monoisotopic (exact) mass is 880 g/mol. The number of methoxy groups -OCH3 is 1. The second-order valence-corrected chi connectivity index (χ2v) is 20.9. The van der Waals surface area contributed by atoms with Crippen molar-refractivity contribution in [3.63, 3.8) is 0 Å². The quantitative estimate of drug-likeness (QED) is 0.128. The Balaban J connectivity index is 1.20.